The van der Waals surface area contributed by atoms with E-state index in [1.165, 1.54) is 6.92 Å². The molecule has 0 saturated carbocycles. The van der Waals surface area contributed by atoms with E-state index < -0.39 is 12.0 Å². The van der Waals surface area contributed by atoms with Crippen LogP contribution in [0, 0.1) is 5.21 Å². The van der Waals surface area contributed by atoms with Crippen LogP contribution in [0.3, 0.4) is 0 Å². The second-order valence-electron chi connectivity index (χ2n) is 3.02. The second-order valence-corrected chi connectivity index (χ2v) is 3.02. The van der Waals surface area contributed by atoms with E-state index >= 15 is 0 Å². The van der Waals surface area contributed by atoms with Gasteiger partial charge in [0.2, 0.25) is 0 Å². The molecule has 11 heavy (non-hydrogen) atoms. The lowest BCUT2D eigenvalue weighted by Crippen LogP contribution is -2.25. The first-order chi connectivity index (χ1) is 4.64. The van der Waals surface area contributed by atoms with Crippen LogP contribution < -0.4 is 5.73 Å². The molecule has 0 saturated heterocycles. The third-order valence-corrected chi connectivity index (χ3v) is 0.390. The van der Waals surface area contributed by atoms with E-state index in [1.54, 1.807) is 21.1 Å². The molecular weight excluding hydrogens is 148 g/mol. The molecule has 3 N–H and O–H groups in total. The number of hydrogen-bond donors (Lipinski definition) is 2. The van der Waals surface area contributed by atoms with Crippen LogP contribution in [0.2, 0.25) is 0 Å². The van der Waals surface area contributed by atoms with Gasteiger partial charge in [0.05, 0.1) is 21.1 Å². The van der Waals surface area contributed by atoms with Crippen LogP contribution in [0.25, 0.3) is 0 Å². The van der Waals surface area contributed by atoms with E-state index in [2.05, 4.69) is 0 Å². The highest BCUT2D eigenvalue weighted by Crippen LogP contribution is 1.77. The van der Waals surface area contributed by atoms with Crippen molar-refractivity contribution in [2.75, 3.05) is 21.1 Å². The van der Waals surface area contributed by atoms with Gasteiger partial charge in [-0.15, -0.1) is 0 Å². The zero-order valence-corrected chi connectivity index (χ0v) is 7.37. The quantitative estimate of drug-likeness (QED) is 0.408. The standard InChI is InChI=1S/C3H7NO2.C3H9NO/c1-2(4)3(5)6;1-4(2,3)5/h2H,4H2,1H3,(H,5,6);1-3H3. The molecule has 0 aliphatic rings. The highest BCUT2D eigenvalue weighted by atomic mass is 16.5. The fraction of sp³-hybridized carbons (Fsp3) is 0.833. The van der Waals surface area contributed by atoms with E-state index in [0.717, 1.165) is 0 Å². The van der Waals surface area contributed by atoms with Crippen LogP contribution in [0.5, 0.6) is 0 Å². The smallest absolute Gasteiger partial charge is 0.320 e. The van der Waals surface area contributed by atoms with Crippen molar-refractivity contribution in [2.24, 2.45) is 5.73 Å². The number of nitrogens with zero attached hydrogens (tertiary/aromatic N) is 1. The summed E-state index contributed by atoms with van der Waals surface area (Å²) < 4.78 is -0.250. The Labute approximate surface area is 66.6 Å². The summed E-state index contributed by atoms with van der Waals surface area (Å²) in [4.78, 5) is 9.57. The van der Waals surface area contributed by atoms with E-state index in [0.29, 0.717) is 0 Å². The molecule has 0 heterocycles. The molecule has 5 heteroatoms. The van der Waals surface area contributed by atoms with Gasteiger partial charge < -0.3 is 20.7 Å². The second kappa shape index (κ2) is 5.06. The molecular formula is C6H16N2O3. The molecule has 68 valence electrons. The van der Waals surface area contributed by atoms with Crippen molar-refractivity contribution in [3.8, 4) is 0 Å². The molecule has 1 unspecified atom stereocenters. The third-order valence-electron chi connectivity index (χ3n) is 0.390. The number of carboxylic acids is 1. The predicted octanol–water partition coefficient (Wildman–Crippen LogP) is -0.391. The summed E-state index contributed by atoms with van der Waals surface area (Å²) in [7, 11) is 4.71. The van der Waals surface area contributed by atoms with Crippen LogP contribution >= 0.6 is 0 Å². The van der Waals surface area contributed by atoms with Crippen molar-refractivity contribution >= 4 is 5.97 Å². The number of hydroxylamine groups is 3. The maximum absolute atomic E-state index is 10.0. The molecule has 0 fully saturated rings. The molecule has 0 amide bonds. The zero-order chi connectivity index (χ0) is 9.65. The summed E-state index contributed by atoms with van der Waals surface area (Å²) >= 11 is 0. The lowest BCUT2D eigenvalue weighted by atomic mass is 10.4. The van der Waals surface area contributed by atoms with Crippen molar-refractivity contribution in [1.82, 2.24) is 0 Å². The molecule has 0 radical (unpaired) electrons. The molecule has 0 rings (SSSR count). The largest absolute Gasteiger partial charge is 0.633 e. The van der Waals surface area contributed by atoms with Crippen LogP contribution in [-0.4, -0.2) is 42.9 Å². The summed E-state index contributed by atoms with van der Waals surface area (Å²) in [6.45, 7) is 1.42. The number of quaternary nitrogens is 1. The Hall–Kier alpha value is -0.650. The Kier molecular flexibility index (Phi) is 5.97. The number of aliphatic carboxylic acids is 1. The molecule has 0 aromatic heterocycles. The Morgan fingerprint density at radius 1 is 1.55 bits per heavy atom. The van der Waals surface area contributed by atoms with E-state index in [9.17, 15) is 10.0 Å². The maximum atomic E-state index is 10.0. The lowest BCUT2D eigenvalue weighted by molar-refractivity contribution is -0.818. The van der Waals surface area contributed by atoms with Crippen molar-refractivity contribution < 1.29 is 14.5 Å². The fourth-order valence-electron chi connectivity index (χ4n) is 0. The van der Waals surface area contributed by atoms with Gasteiger partial charge in [0.25, 0.3) is 0 Å². The molecule has 0 aromatic rings. The first-order valence-electron chi connectivity index (χ1n) is 3.15. The third kappa shape index (κ3) is 45.0. The summed E-state index contributed by atoms with van der Waals surface area (Å²) in [5.74, 6) is -0.963. The summed E-state index contributed by atoms with van der Waals surface area (Å²) in [5.41, 5.74) is 4.84. The Balaban J connectivity index is 0. The summed E-state index contributed by atoms with van der Waals surface area (Å²) in [5, 5.41) is 17.9. The molecule has 0 spiro atoms. The highest BCUT2D eigenvalue weighted by Gasteiger charge is 1.99. The average molecular weight is 164 g/mol. The molecule has 1 atom stereocenters. The van der Waals surface area contributed by atoms with Crippen LogP contribution in [0.1, 0.15) is 6.92 Å². The molecule has 0 aliphatic heterocycles. The predicted molar refractivity (Wildman–Crippen MR) is 42.7 cm³/mol. The maximum Gasteiger partial charge on any atom is 0.320 e. The molecule has 5 nitrogen and oxygen atoms in total. The SMILES string of the molecule is CC(N)C(=O)O.C[N+](C)(C)[O-]. The average Bonchev–Trinajstić information content (AvgIpc) is 1.59. The number of carboxylic acid groups (broad SMARTS) is 1. The molecule has 0 bridgehead atoms. The fourth-order valence-corrected chi connectivity index (χ4v) is 0. The summed E-state index contributed by atoms with van der Waals surface area (Å²) in [6, 6.07) is -0.731. The summed E-state index contributed by atoms with van der Waals surface area (Å²) in [6.07, 6.45) is 0. The zero-order valence-electron chi connectivity index (χ0n) is 7.37. The van der Waals surface area contributed by atoms with E-state index in [1.807, 2.05) is 0 Å². The van der Waals surface area contributed by atoms with Gasteiger partial charge in [-0.1, -0.05) is 0 Å². The van der Waals surface area contributed by atoms with Gasteiger partial charge in [0, 0.05) is 0 Å². The minimum atomic E-state index is -0.963. The molecule has 0 aromatic carbocycles. The van der Waals surface area contributed by atoms with Crippen molar-refractivity contribution in [3.05, 3.63) is 5.21 Å². The van der Waals surface area contributed by atoms with Gasteiger partial charge in [-0.3, -0.25) is 4.79 Å². The lowest BCUT2D eigenvalue weighted by Gasteiger charge is -2.27. The highest BCUT2D eigenvalue weighted by molar-refractivity contribution is 5.72. The topological polar surface area (TPSA) is 86.4 Å². The van der Waals surface area contributed by atoms with Gasteiger partial charge in [-0.25, -0.2) is 0 Å². The Morgan fingerprint density at radius 2 is 1.64 bits per heavy atom. The number of nitrogens with two attached hydrogens (primary N) is 1. The van der Waals surface area contributed by atoms with Crippen LogP contribution in [0.4, 0.5) is 0 Å². The van der Waals surface area contributed by atoms with Crippen molar-refractivity contribution in [2.45, 2.75) is 13.0 Å². The number of carbonyl (C=O) groups is 1. The van der Waals surface area contributed by atoms with Gasteiger partial charge in [-0.05, 0) is 6.92 Å². The van der Waals surface area contributed by atoms with Gasteiger partial charge in [0.1, 0.15) is 6.04 Å². The number of hydrogen-bond acceptors (Lipinski definition) is 3. The first kappa shape index (κ1) is 13.0. The molecule has 0 aliphatic carbocycles. The van der Waals surface area contributed by atoms with Crippen LogP contribution in [0.15, 0.2) is 0 Å². The van der Waals surface area contributed by atoms with Crippen LogP contribution in [-0.2, 0) is 4.79 Å². The van der Waals surface area contributed by atoms with Crippen molar-refractivity contribution in [3.63, 3.8) is 0 Å². The Bertz CT molecular complexity index is 111. The first-order valence-corrected chi connectivity index (χ1v) is 3.15. The van der Waals surface area contributed by atoms with Gasteiger partial charge >= 0.3 is 5.97 Å². The van der Waals surface area contributed by atoms with E-state index in [4.69, 9.17) is 10.8 Å². The normalized spacial score (nSPS) is 12.9. The monoisotopic (exact) mass is 164 g/mol. The van der Waals surface area contributed by atoms with Gasteiger partial charge in [-0.2, -0.15) is 0 Å². The number of rotatable bonds is 1. The minimum absolute atomic E-state index is 0.250. The van der Waals surface area contributed by atoms with Crippen molar-refractivity contribution in [1.29, 1.82) is 0 Å². The van der Waals surface area contributed by atoms with E-state index in [-0.39, 0.29) is 4.65 Å². The van der Waals surface area contributed by atoms with Gasteiger partial charge in [0.15, 0.2) is 0 Å². The minimum Gasteiger partial charge on any atom is -0.633 e. The Morgan fingerprint density at radius 3 is 1.64 bits per heavy atom.